The number of fused-ring (bicyclic) bond motifs is 1. The van der Waals surface area contributed by atoms with E-state index in [1.54, 1.807) is 24.3 Å². The second kappa shape index (κ2) is 3.11. The average molecular weight is 232 g/mol. The van der Waals surface area contributed by atoms with Gasteiger partial charge in [0.05, 0.1) is 5.02 Å². The number of hydrogen-bond donors (Lipinski definition) is 3. The number of para-hydroxylation sites is 1. The molecule has 0 aliphatic rings. The van der Waals surface area contributed by atoms with Crippen molar-refractivity contribution in [1.82, 2.24) is 4.98 Å². The summed E-state index contributed by atoms with van der Waals surface area (Å²) in [6.07, 6.45) is 0. The second-order valence-corrected chi connectivity index (χ2v) is 4.79. The zero-order chi connectivity index (χ0) is 10.3. The van der Waals surface area contributed by atoms with Gasteiger partial charge in [0.15, 0.2) is 0 Å². The molecule has 1 heterocycles. The predicted octanol–water partition coefficient (Wildman–Crippen LogP) is 1.62. The van der Waals surface area contributed by atoms with Gasteiger partial charge in [-0.2, -0.15) is 0 Å². The van der Waals surface area contributed by atoms with Gasteiger partial charge >= 0.3 is 7.60 Å². The highest BCUT2D eigenvalue weighted by molar-refractivity contribution is 7.60. The molecule has 4 nitrogen and oxygen atoms in total. The van der Waals surface area contributed by atoms with Gasteiger partial charge in [0.25, 0.3) is 0 Å². The molecule has 0 atom stereocenters. The SMILES string of the molecule is O=P(O)(O)c1[nH]c2ccccc2c1Cl. The topological polar surface area (TPSA) is 73.3 Å². The first-order valence-electron chi connectivity index (χ1n) is 3.82. The van der Waals surface area contributed by atoms with Gasteiger partial charge < -0.3 is 14.8 Å². The van der Waals surface area contributed by atoms with Crippen molar-refractivity contribution in [1.29, 1.82) is 0 Å². The summed E-state index contributed by atoms with van der Waals surface area (Å²) in [5.74, 6) is 0. The van der Waals surface area contributed by atoms with Gasteiger partial charge in [0.2, 0.25) is 0 Å². The summed E-state index contributed by atoms with van der Waals surface area (Å²) in [6, 6.07) is 6.93. The summed E-state index contributed by atoms with van der Waals surface area (Å²) in [5, 5.41) is 0.710. The van der Waals surface area contributed by atoms with Crippen molar-refractivity contribution in [3.63, 3.8) is 0 Å². The third-order valence-electron chi connectivity index (χ3n) is 1.92. The number of rotatable bonds is 1. The fourth-order valence-electron chi connectivity index (χ4n) is 1.29. The predicted molar refractivity (Wildman–Crippen MR) is 55.0 cm³/mol. The lowest BCUT2D eigenvalue weighted by molar-refractivity contribution is 0.386. The van der Waals surface area contributed by atoms with E-state index in [1.807, 2.05) is 0 Å². The van der Waals surface area contributed by atoms with Gasteiger partial charge in [0, 0.05) is 10.9 Å². The van der Waals surface area contributed by atoms with E-state index >= 15 is 0 Å². The number of halogens is 1. The highest BCUT2D eigenvalue weighted by Gasteiger charge is 2.24. The van der Waals surface area contributed by atoms with Crippen molar-refractivity contribution in [2.45, 2.75) is 0 Å². The largest absolute Gasteiger partial charge is 0.373 e. The van der Waals surface area contributed by atoms with Crippen LogP contribution in [0.1, 0.15) is 0 Å². The molecular weight excluding hydrogens is 225 g/mol. The lowest BCUT2D eigenvalue weighted by atomic mass is 10.2. The van der Waals surface area contributed by atoms with E-state index in [9.17, 15) is 4.57 Å². The molecular formula is C8H7ClNO3P. The molecule has 1 aromatic carbocycles. The molecule has 0 unspecified atom stereocenters. The van der Waals surface area contributed by atoms with Crippen LogP contribution < -0.4 is 5.44 Å². The first kappa shape index (κ1) is 9.74. The molecule has 1 aromatic heterocycles. The molecule has 0 saturated carbocycles. The number of aromatic nitrogens is 1. The number of H-pyrrole nitrogens is 1. The van der Waals surface area contributed by atoms with Crippen molar-refractivity contribution in [3.8, 4) is 0 Å². The third kappa shape index (κ3) is 1.47. The fourth-order valence-corrected chi connectivity index (χ4v) is 2.48. The van der Waals surface area contributed by atoms with Crippen LogP contribution in [0.3, 0.4) is 0 Å². The van der Waals surface area contributed by atoms with Crippen LogP contribution in [-0.2, 0) is 4.57 Å². The van der Waals surface area contributed by atoms with E-state index in [-0.39, 0.29) is 10.5 Å². The Balaban J connectivity index is 2.82. The van der Waals surface area contributed by atoms with Crippen molar-refractivity contribution in [2.24, 2.45) is 0 Å². The van der Waals surface area contributed by atoms with Gasteiger partial charge in [-0.3, -0.25) is 4.57 Å². The Bertz CT molecular complexity index is 530. The Morgan fingerprint density at radius 3 is 2.50 bits per heavy atom. The van der Waals surface area contributed by atoms with Gasteiger partial charge in [0.1, 0.15) is 5.44 Å². The van der Waals surface area contributed by atoms with E-state index in [0.29, 0.717) is 10.9 Å². The zero-order valence-corrected chi connectivity index (χ0v) is 8.59. The maximum Gasteiger partial charge on any atom is 0.373 e. The molecule has 2 aromatic rings. The molecule has 74 valence electrons. The quantitative estimate of drug-likeness (QED) is 0.653. The summed E-state index contributed by atoms with van der Waals surface area (Å²) in [7, 11) is -4.32. The molecule has 3 N–H and O–H groups in total. The molecule has 6 heteroatoms. The number of aromatic amines is 1. The minimum Gasteiger partial charge on any atom is -0.347 e. The second-order valence-electron chi connectivity index (χ2n) is 2.88. The number of nitrogens with one attached hydrogen (secondary N) is 1. The zero-order valence-electron chi connectivity index (χ0n) is 6.94. The van der Waals surface area contributed by atoms with Gasteiger partial charge in [-0.1, -0.05) is 29.8 Å². The third-order valence-corrected chi connectivity index (χ3v) is 3.36. The van der Waals surface area contributed by atoms with Crippen molar-refractivity contribution in [2.75, 3.05) is 0 Å². The summed E-state index contributed by atoms with van der Waals surface area (Å²) in [6.45, 7) is 0. The molecule has 0 amide bonds. The van der Waals surface area contributed by atoms with Gasteiger partial charge in [-0.25, -0.2) is 0 Å². The normalized spacial score (nSPS) is 12.2. The Hall–Kier alpha value is -0.800. The van der Waals surface area contributed by atoms with Crippen LogP contribution in [0.25, 0.3) is 10.9 Å². The molecule has 14 heavy (non-hydrogen) atoms. The van der Waals surface area contributed by atoms with Crippen molar-refractivity contribution >= 4 is 35.5 Å². The Kier molecular flexibility index (Phi) is 2.16. The number of benzene rings is 1. The Morgan fingerprint density at radius 2 is 1.93 bits per heavy atom. The highest BCUT2D eigenvalue weighted by Crippen LogP contribution is 2.38. The standard InChI is InChI=1S/C8H7ClNO3P/c9-7-5-3-1-2-4-6(5)10-8(7)14(11,12)13/h1-4,10H,(H2,11,12,13). The Labute approximate surface area is 84.7 Å². The summed E-state index contributed by atoms with van der Waals surface area (Å²) >= 11 is 5.82. The van der Waals surface area contributed by atoms with E-state index in [2.05, 4.69) is 4.98 Å². The number of hydrogen-bond acceptors (Lipinski definition) is 1. The van der Waals surface area contributed by atoms with Crippen LogP contribution in [0.15, 0.2) is 24.3 Å². The van der Waals surface area contributed by atoms with Crippen LogP contribution in [0.4, 0.5) is 0 Å². The Morgan fingerprint density at radius 1 is 1.29 bits per heavy atom. The average Bonchev–Trinajstić information content (AvgIpc) is 2.44. The van der Waals surface area contributed by atoms with E-state index in [4.69, 9.17) is 21.4 Å². The lowest BCUT2D eigenvalue weighted by Crippen LogP contribution is -2.05. The monoisotopic (exact) mass is 231 g/mol. The molecule has 0 bridgehead atoms. The van der Waals surface area contributed by atoms with E-state index in [0.717, 1.165) is 0 Å². The van der Waals surface area contributed by atoms with Crippen molar-refractivity contribution < 1.29 is 14.4 Å². The van der Waals surface area contributed by atoms with E-state index in [1.165, 1.54) is 0 Å². The van der Waals surface area contributed by atoms with Crippen molar-refractivity contribution in [3.05, 3.63) is 29.3 Å². The maximum atomic E-state index is 11.0. The first-order valence-corrected chi connectivity index (χ1v) is 5.81. The molecule has 0 saturated heterocycles. The van der Waals surface area contributed by atoms with Crippen LogP contribution >= 0.6 is 19.2 Å². The smallest absolute Gasteiger partial charge is 0.347 e. The molecule has 0 aliphatic carbocycles. The van der Waals surface area contributed by atoms with Crippen LogP contribution in [-0.4, -0.2) is 14.8 Å². The summed E-state index contributed by atoms with van der Waals surface area (Å²) in [4.78, 5) is 20.5. The molecule has 2 rings (SSSR count). The van der Waals surface area contributed by atoms with Gasteiger partial charge in [-0.15, -0.1) is 0 Å². The maximum absolute atomic E-state index is 11.0. The van der Waals surface area contributed by atoms with Crippen LogP contribution in [0, 0.1) is 0 Å². The summed E-state index contributed by atoms with van der Waals surface area (Å²) < 4.78 is 11.0. The highest BCUT2D eigenvalue weighted by atomic mass is 35.5. The minimum atomic E-state index is -4.32. The molecule has 0 spiro atoms. The lowest BCUT2D eigenvalue weighted by Gasteiger charge is -1.99. The van der Waals surface area contributed by atoms with E-state index < -0.39 is 7.60 Å². The molecule has 0 radical (unpaired) electrons. The molecule has 0 fully saturated rings. The summed E-state index contributed by atoms with van der Waals surface area (Å²) in [5.41, 5.74) is 0.399. The fraction of sp³-hybridized carbons (Fsp3) is 0. The van der Waals surface area contributed by atoms with Crippen LogP contribution in [0.5, 0.6) is 0 Å². The molecule has 0 aliphatic heterocycles. The first-order chi connectivity index (χ1) is 6.50. The van der Waals surface area contributed by atoms with Crippen LogP contribution in [0.2, 0.25) is 5.02 Å². The van der Waals surface area contributed by atoms with Gasteiger partial charge in [-0.05, 0) is 6.07 Å². The minimum absolute atomic E-state index is 0.0916.